The SMILES string of the molecule is CS(=O)(=O)c1ccc(CC(=O)Nn2nc(S(=O)(=O)c3ccccc3)c3ccccc3c2=O)cc1. The second kappa shape index (κ2) is 8.84. The van der Waals surface area contributed by atoms with Crippen LogP contribution in [-0.2, 0) is 30.9 Å². The summed E-state index contributed by atoms with van der Waals surface area (Å²) in [5.74, 6) is -0.639. The first kappa shape index (κ1) is 23.3. The molecule has 0 aliphatic heterocycles. The van der Waals surface area contributed by atoms with Gasteiger partial charge in [0.1, 0.15) is 0 Å². The highest BCUT2D eigenvalue weighted by molar-refractivity contribution is 7.91. The molecule has 1 aromatic heterocycles. The number of nitrogens with zero attached hydrogens (tertiary/aromatic N) is 2. The minimum absolute atomic E-state index is 0.00450. The Morgan fingerprint density at radius 2 is 1.41 bits per heavy atom. The second-order valence-electron chi connectivity index (χ2n) is 7.51. The molecule has 4 rings (SSSR count). The third kappa shape index (κ3) is 4.61. The van der Waals surface area contributed by atoms with Gasteiger partial charge >= 0.3 is 0 Å². The fraction of sp³-hybridized carbons (Fsp3) is 0.0870. The van der Waals surface area contributed by atoms with Crippen LogP contribution >= 0.6 is 0 Å². The minimum Gasteiger partial charge on any atom is -0.273 e. The molecule has 0 bridgehead atoms. The molecule has 0 fully saturated rings. The Morgan fingerprint density at radius 1 is 0.824 bits per heavy atom. The molecule has 1 N–H and O–H groups in total. The number of rotatable bonds is 6. The Morgan fingerprint density at radius 3 is 2.03 bits per heavy atom. The molecule has 34 heavy (non-hydrogen) atoms. The average Bonchev–Trinajstić information content (AvgIpc) is 2.81. The molecule has 0 atom stereocenters. The number of carbonyl (C=O) groups excluding carboxylic acids is 1. The molecule has 1 heterocycles. The fourth-order valence-electron chi connectivity index (χ4n) is 3.34. The molecule has 0 radical (unpaired) electrons. The van der Waals surface area contributed by atoms with Gasteiger partial charge in [-0.15, -0.1) is 9.89 Å². The number of sulfone groups is 2. The van der Waals surface area contributed by atoms with E-state index >= 15 is 0 Å². The van der Waals surface area contributed by atoms with Gasteiger partial charge in [-0.3, -0.25) is 9.59 Å². The molecule has 11 heteroatoms. The van der Waals surface area contributed by atoms with Crippen LogP contribution < -0.4 is 11.0 Å². The van der Waals surface area contributed by atoms with Gasteiger partial charge in [-0.05, 0) is 35.9 Å². The van der Waals surface area contributed by atoms with E-state index < -0.39 is 31.1 Å². The van der Waals surface area contributed by atoms with Crippen LogP contribution in [0.4, 0.5) is 0 Å². The standard InChI is InChI=1S/C23H19N3O6S2/c1-33(29,30)17-13-11-16(12-14-17)15-21(27)24-26-23(28)20-10-6-5-9-19(20)22(25-26)34(31,32)18-7-3-2-4-8-18/h2-14H,15H2,1H3,(H,24,27). The van der Waals surface area contributed by atoms with Crippen molar-refractivity contribution in [2.24, 2.45) is 0 Å². The highest BCUT2D eigenvalue weighted by atomic mass is 32.2. The predicted octanol–water partition coefficient (Wildman–Crippen LogP) is 1.95. The summed E-state index contributed by atoms with van der Waals surface area (Å²) in [4.78, 5) is 26.2. The summed E-state index contributed by atoms with van der Waals surface area (Å²) in [5.41, 5.74) is 2.14. The molecule has 174 valence electrons. The van der Waals surface area contributed by atoms with Crippen molar-refractivity contribution in [3.05, 3.63) is 94.8 Å². The summed E-state index contributed by atoms with van der Waals surface area (Å²) in [6, 6.07) is 19.5. The maximum Gasteiger partial charge on any atom is 0.294 e. The Hall–Kier alpha value is -3.83. The summed E-state index contributed by atoms with van der Waals surface area (Å²) >= 11 is 0. The number of fused-ring (bicyclic) bond motifs is 1. The van der Waals surface area contributed by atoms with Crippen LogP contribution in [0.25, 0.3) is 10.8 Å². The third-order valence-corrected chi connectivity index (χ3v) is 7.86. The topological polar surface area (TPSA) is 132 Å². The predicted molar refractivity (Wildman–Crippen MR) is 126 cm³/mol. The van der Waals surface area contributed by atoms with Crippen molar-refractivity contribution in [3.63, 3.8) is 0 Å². The summed E-state index contributed by atoms with van der Waals surface area (Å²) in [6.07, 6.45) is 0.888. The molecular weight excluding hydrogens is 478 g/mol. The smallest absolute Gasteiger partial charge is 0.273 e. The van der Waals surface area contributed by atoms with Crippen molar-refractivity contribution < 1.29 is 21.6 Å². The van der Waals surface area contributed by atoms with Crippen LogP contribution in [0.2, 0.25) is 0 Å². The van der Waals surface area contributed by atoms with Crippen LogP contribution in [0.1, 0.15) is 5.56 Å². The first-order valence-corrected chi connectivity index (χ1v) is 13.4. The van der Waals surface area contributed by atoms with Gasteiger partial charge in [0.15, 0.2) is 14.9 Å². The van der Waals surface area contributed by atoms with E-state index in [4.69, 9.17) is 0 Å². The lowest BCUT2D eigenvalue weighted by Gasteiger charge is -2.12. The zero-order chi connectivity index (χ0) is 24.5. The van der Waals surface area contributed by atoms with Gasteiger partial charge in [0, 0.05) is 11.6 Å². The van der Waals surface area contributed by atoms with Crippen molar-refractivity contribution in [2.45, 2.75) is 21.2 Å². The first-order chi connectivity index (χ1) is 16.1. The van der Waals surface area contributed by atoms with Gasteiger partial charge < -0.3 is 0 Å². The van der Waals surface area contributed by atoms with Crippen LogP contribution in [0.3, 0.4) is 0 Å². The molecular formula is C23H19N3O6S2. The summed E-state index contributed by atoms with van der Waals surface area (Å²) in [7, 11) is -7.47. The van der Waals surface area contributed by atoms with E-state index in [1.165, 1.54) is 48.5 Å². The Balaban J connectivity index is 1.72. The van der Waals surface area contributed by atoms with E-state index in [1.807, 2.05) is 0 Å². The molecule has 0 saturated carbocycles. The molecule has 0 saturated heterocycles. The van der Waals surface area contributed by atoms with E-state index in [0.29, 0.717) is 10.4 Å². The third-order valence-electron chi connectivity index (χ3n) is 5.03. The zero-order valence-corrected chi connectivity index (χ0v) is 19.5. The maximum atomic E-state index is 13.3. The van der Waals surface area contributed by atoms with Crippen LogP contribution in [-0.4, -0.2) is 38.9 Å². The molecule has 1 amide bonds. The Labute approximate surface area is 195 Å². The number of hydrogen-bond donors (Lipinski definition) is 1. The van der Waals surface area contributed by atoms with Crippen LogP contribution in [0.15, 0.2) is 98.5 Å². The van der Waals surface area contributed by atoms with Crippen molar-refractivity contribution in [2.75, 3.05) is 11.7 Å². The summed E-state index contributed by atoms with van der Waals surface area (Å²) in [6.45, 7) is 0. The van der Waals surface area contributed by atoms with E-state index in [-0.39, 0.29) is 32.0 Å². The van der Waals surface area contributed by atoms with E-state index in [2.05, 4.69) is 10.5 Å². The highest BCUT2D eigenvalue weighted by Gasteiger charge is 2.25. The number of amides is 1. The summed E-state index contributed by atoms with van der Waals surface area (Å²) in [5, 5.41) is 3.82. The highest BCUT2D eigenvalue weighted by Crippen LogP contribution is 2.24. The van der Waals surface area contributed by atoms with Crippen molar-refractivity contribution in [1.82, 2.24) is 9.89 Å². The van der Waals surface area contributed by atoms with Gasteiger partial charge in [-0.1, -0.05) is 48.5 Å². The van der Waals surface area contributed by atoms with Crippen LogP contribution in [0, 0.1) is 0 Å². The number of benzene rings is 3. The average molecular weight is 498 g/mol. The first-order valence-electron chi connectivity index (χ1n) is 9.98. The van der Waals surface area contributed by atoms with Gasteiger partial charge in [0.05, 0.1) is 21.6 Å². The van der Waals surface area contributed by atoms with E-state index in [9.17, 15) is 26.4 Å². The fourth-order valence-corrected chi connectivity index (χ4v) is 5.37. The molecule has 0 aliphatic rings. The maximum absolute atomic E-state index is 13.3. The quantitative estimate of drug-likeness (QED) is 0.430. The molecule has 0 unspecified atom stereocenters. The molecule has 9 nitrogen and oxygen atoms in total. The zero-order valence-electron chi connectivity index (χ0n) is 17.9. The lowest BCUT2D eigenvalue weighted by atomic mass is 10.1. The van der Waals surface area contributed by atoms with Gasteiger partial charge in [-0.2, -0.15) is 0 Å². The summed E-state index contributed by atoms with van der Waals surface area (Å²) < 4.78 is 49.7. The van der Waals surface area contributed by atoms with E-state index in [1.54, 1.807) is 30.3 Å². The van der Waals surface area contributed by atoms with Gasteiger partial charge in [0.2, 0.25) is 15.7 Å². The Kier molecular flexibility index (Phi) is 6.07. The number of carbonyl (C=O) groups is 1. The number of nitrogens with one attached hydrogen (secondary N) is 1. The molecule has 4 aromatic rings. The van der Waals surface area contributed by atoms with Gasteiger partial charge in [0.25, 0.3) is 5.56 Å². The minimum atomic E-state index is -4.10. The van der Waals surface area contributed by atoms with E-state index in [0.717, 1.165) is 6.26 Å². The number of hydrogen-bond acceptors (Lipinski definition) is 7. The van der Waals surface area contributed by atoms with Crippen molar-refractivity contribution >= 4 is 36.4 Å². The van der Waals surface area contributed by atoms with Gasteiger partial charge in [-0.25, -0.2) is 22.3 Å². The lowest BCUT2D eigenvalue weighted by molar-refractivity contribution is -0.116. The monoisotopic (exact) mass is 497 g/mol. The lowest BCUT2D eigenvalue weighted by Crippen LogP contribution is -2.37. The molecule has 0 spiro atoms. The van der Waals surface area contributed by atoms with Crippen molar-refractivity contribution in [1.29, 1.82) is 0 Å². The Bertz CT molecular complexity index is 1660. The molecule has 3 aromatic carbocycles. The largest absolute Gasteiger partial charge is 0.294 e. The number of aromatic nitrogens is 2. The van der Waals surface area contributed by atoms with Crippen molar-refractivity contribution in [3.8, 4) is 0 Å². The molecule has 0 aliphatic carbocycles. The second-order valence-corrected chi connectivity index (χ2v) is 11.4. The van der Waals surface area contributed by atoms with Crippen LogP contribution in [0.5, 0.6) is 0 Å². The normalized spacial score (nSPS) is 11.9.